The maximum absolute atomic E-state index is 5.61. The van der Waals surface area contributed by atoms with Gasteiger partial charge in [-0.05, 0) is 24.1 Å². The van der Waals surface area contributed by atoms with Crippen LogP contribution in [0.1, 0.15) is 36.9 Å². The van der Waals surface area contributed by atoms with Crippen LogP contribution >= 0.6 is 0 Å². The van der Waals surface area contributed by atoms with Crippen LogP contribution in [0.5, 0.6) is 11.5 Å². The van der Waals surface area contributed by atoms with Gasteiger partial charge in [-0.15, -0.1) is 0 Å². The van der Waals surface area contributed by atoms with Gasteiger partial charge in [-0.3, -0.25) is 4.90 Å². The van der Waals surface area contributed by atoms with E-state index in [4.69, 9.17) is 18.5 Å². The van der Waals surface area contributed by atoms with Crippen molar-refractivity contribution in [2.45, 2.75) is 39.8 Å². The Morgan fingerprint density at radius 3 is 2.89 bits per heavy atom. The largest absolute Gasteiger partial charge is 0.454 e. The van der Waals surface area contributed by atoms with Crippen LogP contribution in [0.2, 0.25) is 0 Å². The van der Waals surface area contributed by atoms with Gasteiger partial charge in [0.05, 0.1) is 6.54 Å². The number of aromatic nitrogens is 3. The van der Waals surface area contributed by atoms with E-state index in [0.29, 0.717) is 18.4 Å². The standard InChI is InChI=1S/C20H22N4O4/c1-12(2)7-19-21-18(22-28-19)10-24-6-5-15-14(9-24)20(23-27-15)13-3-4-16-17(8-13)26-11-25-16/h3-4,8,12H,5-7,9-11H2,1-2H3. The van der Waals surface area contributed by atoms with Crippen molar-refractivity contribution in [3.63, 3.8) is 0 Å². The lowest BCUT2D eigenvalue weighted by Gasteiger charge is -2.24. The van der Waals surface area contributed by atoms with Crippen molar-refractivity contribution in [1.82, 2.24) is 20.2 Å². The van der Waals surface area contributed by atoms with Crippen LogP contribution in [0.4, 0.5) is 0 Å². The lowest BCUT2D eigenvalue weighted by molar-refractivity contribution is 0.174. The molecule has 5 rings (SSSR count). The van der Waals surface area contributed by atoms with Crippen LogP contribution in [0.15, 0.2) is 27.2 Å². The average Bonchev–Trinajstić information content (AvgIpc) is 3.40. The van der Waals surface area contributed by atoms with Crippen LogP contribution in [0, 0.1) is 5.92 Å². The van der Waals surface area contributed by atoms with Gasteiger partial charge in [0.25, 0.3) is 0 Å². The van der Waals surface area contributed by atoms with Crippen molar-refractivity contribution in [3.8, 4) is 22.8 Å². The smallest absolute Gasteiger partial charge is 0.231 e. The molecular weight excluding hydrogens is 360 g/mol. The van der Waals surface area contributed by atoms with Gasteiger partial charge in [-0.2, -0.15) is 4.98 Å². The zero-order valence-electron chi connectivity index (χ0n) is 16.0. The van der Waals surface area contributed by atoms with E-state index in [2.05, 4.69) is 34.0 Å². The van der Waals surface area contributed by atoms with Crippen molar-refractivity contribution < 1.29 is 18.5 Å². The summed E-state index contributed by atoms with van der Waals surface area (Å²) >= 11 is 0. The highest BCUT2D eigenvalue weighted by Crippen LogP contribution is 2.38. The molecule has 8 heteroatoms. The van der Waals surface area contributed by atoms with E-state index in [1.165, 1.54) is 0 Å². The molecule has 2 aliphatic heterocycles. The number of rotatable bonds is 5. The SMILES string of the molecule is CC(C)Cc1nc(CN2CCc3onc(-c4ccc5c(c4)OCO5)c3C2)no1. The molecule has 0 saturated carbocycles. The Hall–Kier alpha value is -2.87. The maximum Gasteiger partial charge on any atom is 0.231 e. The normalized spacial score (nSPS) is 16.0. The van der Waals surface area contributed by atoms with Crippen LogP contribution < -0.4 is 9.47 Å². The molecule has 1 aromatic carbocycles. The molecule has 146 valence electrons. The Bertz CT molecular complexity index is 994. The van der Waals surface area contributed by atoms with Crippen LogP contribution in [0.25, 0.3) is 11.3 Å². The second kappa shape index (κ2) is 6.94. The minimum Gasteiger partial charge on any atom is -0.454 e. The summed E-state index contributed by atoms with van der Waals surface area (Å²) in [6, 6.07) is 5.85. The summed E-state index contributed by atoms with van der Waals surface area (Å²) in [5, 5.41) is 8.45. The lowest BCUT2D eigenvalue weighted by Crippen LogP contribution is -2.30. The van der Waals surface area contributed by atoms with E-state index in [1.807, 2.05) is 18.2 Å². The first kappa shape index (κ1) is 17.2. The van der Waals surface area contributed by atoms with Crippen molar-refractivity contribution >= 4 is 0 Å². The minimum absolute atomic E-state index is 0.257. The third-order valence-corrected chi connectivity index (χ3v) is 5.01. The Balaban J connectivity index is 1.34. The molecule has 0 unspecified atom stereocenters. The van der Waals surface area contributed by atoms with Crippen molar-refractivity contribution in [2.75, 3.05) is 13.3 Å². The fourth-order valence-electron chi connectivity index (χ4n) is 3.66. The van der Waals surface area contributed by atoms with Gasteiger partial charge in [0, 0.05) is 37.1 Å². The van der Waals surface area contributed by atoms with E-state index in [0.717, 1.165) is 65.8 Å². The number of fused-ring (bicyclic) bond motifs is 2. The summed E-state index contributed by atoms with van der Waals surface area (Å²) in [5.74, 6) is 4.36. The second-order valence-electron chi connectivity index (χ2n) is 7.66. The lowest BCUT2D eigenvalue weighted by atomic mass is 10.0. The monoisotopic (exact) mass is 382 g/mol. The van der Waals surface area contributed by atoms with Crippen molar-refractivity contribution in [2.24, 2.45) is 5.92 Å². The molecule has 0 aliphatic carbocycles. The van der Waals surface area contributed by atoms with Gasteiger partial charge in [0.15, 0.2) is 17.3 Å². The summed E-state index contributed by atoms with van der Waals surface area (Å²) in [6.45, 7) is 6.78. The Morgan fingerprint density at radius 2 is 2.00 bits per heavy atom. The van der Waals surface area contributed by atoms with Gasteiger partial charge in [-0.25, -0.2) is 0 Å². The first-order chi connectivity index (χ1) is 13.7. The molecule has 28 heavy (non-hydrogen) atoms. The molecule has 8 nitrogen and oxygen atoms in total. The van der Waals surface area contributed by atoms with Gasteiger partial charge < -0.3 is 18.5 Å². The van der Waals surface area contributed by atoms with Crippen LogP contribution in [0.3, 0.4) is 0 Å². The Kier molecular flexibility index (Phi) is 4.27. The van der Waals surface area contributed by atoms with Gasteiger partial charge >= 0.3 is 0 Å². The van der Waals surface area contributed by atoms with E-state index in [9.17, 15) is 0 Å². The maximum atomic E-state index is 5.61. The number of hydrogen-bond donors (Lipinski definition) is 0. The fourth-order valence-corrected chi connectivity index (χ4v) is 3.66. The van der Waals surface area contributed by atoms with E-state index < -0.39 is 0 Å². The van der Waals surface area contributed by atoms with Gasteiger partial charge in [0.2, 0.25) is 12.7 Å². The molecule has 2 aromatic heterocycles. The molecule has 0 fully saturated rings. The molecule has 0 spiro atoms. The first-order valence-corrected chi connectivity index (χ1v) is 9.57. The molecule has 0 saturated heterocycles. The van der Waals surface area contributed by atoms with Crippen LogP contribution in [-0.2, 0) is 25.9 Å². The predicted molar refractivity (Wildman–Crippen MR) is 98.7 cm³/mol. The number of hydrogen-bond acceptors (Lipinski definition) is 8. The highest BCUT2D eigenvalue weighted by molar-refractivity contribution is 5.67. The van der Waals surface area contributed by atoms with E-state index in [1.54, 1.807) is 0 Å². The molecule has 4 heterocycles. The van der Waals surface area contributed by atoms with Crippen LogP contribution in [-0.4, -0.2) is 33.5 Å². The average molecular weight is 382 g/mol. The van der Waals surface area contributed by atoms with Crippen molar-refractivity contribution in [3.05, 3.63) is 41.2 Å². The number of benzene rings is 1. The zero-order chi connectivity index (χ0) is 19.1. The third-order valence-electron chi connectivity index (χ3n) is 5.01. The quantitative estimate of drug-likeness (QED) is 0.665. The molecule has 2 aliphatic rings. The predicted octanol–water partition coefficient (Wildman–Crippen LogP) is 3.21. The van der Waals surface area contributed by atoms with Crippen molar-refractivity contribution in [1.29, 1.82) is 0 Å². The zero-order valence-corrected chi connectivity index (χ0v) is 16.0. The molecule has 0 bridgehead atoms. The molecule has 3 aromatic rings. The van der Waals surface area contributed by atoms with Gasteiger partial charge in [0.1, 0.15) is 11.5 Å². The topological polar surface area (TPSA) is 86.7 Å². The number of nitrogens with zero attached hydrogens (tertiary/aromatic N) is 4. The summed E-state index contributed by atoms with van der Waals surface area (Å²) in [5.41, 5.74) is 2.93. The summed E-state index contributed by atoms with van der Waals surface area (Å²) in [6.07, 6.45) is 1.61. The highest BCUT2D eigenvalue weighted by Gasteiger charge is 2.27. The highest BCUT2D eigenvalue weighted by atomic mass is 16.7. The summed E-state index contributed by atoms with van der Waals surface area (Å²) in [7, 11) is 0. The number of ether oxygens (including phenoxy) is 2. The molecule has 0 atom stereocenters. The Morgan fingerprint density at radius 1 is 1.11 bits per heavy atom. The van der Waals surface area contributed by atoms with Gasteiger partial charge in [-0.1, -0.05) is 24.2 Å². The fraction of sp³-hybridized carbons (Fsp3) is 0.450. The molecule has 0 N–H and O–H groups in total. The molecule has 0 radical (unpaired) electrons. The minimum atomic E-state index is 0.257. The molecule has 0 amide bonds. The first-order valence-electron chi connectivity index (χ1n) is 9.57. The summed E-state index contributed by atoms with van der Waals surface area (Å²) in [4.78, 5) is 6.81. The molecular formula is C20H22N4O4. The second-order valence-corrected chi connectivity index (χ2v) is 7.66. The third kappa shape index (κ3) is 3.24. The van der Waals surface area contributed by atoms with E-state index in [-0.39, 0.29) is 6.79 Å². The summed E-state index contributed by atoms with van der Waals surface area (Å²) < 4.78 is 21.9. The Labute approximate surface area is 162 Å². The van der Waals surface area contributed by atoms with E-state index >= 15 is 0 Å².